The number of carbonyl (C=O) groups is 1. The van der Waals surface area contributed by atoms with Gasteiger partial charge in [-0.15, -0.1) is 11.3 Å². The number of aromatic amines is 1. The van der Waals surface area contributed by atoms with Crippen LogP contribution in [0.15, 0.2) is 6.33 Å². The largest absolute Gasteiger partial charge is 0.335 e. The number of carbonyl (C=O) groups excluding carboxylic acids is 1. The molecule has 124 valence electrons. The van der Waals surface area contributed by atoms with Crippen molar-refractivity contribution < 1.29 is 4.79 Å². The highest BCUT2D eigenvalue weighted by atomic mass is 32.1. The molecule has 1 aliphatic rings. The van der Waals surface area contributed by atoms with Crippen LogP contribution in [0, 0.1) is 12.3 Å². The van der Waals surface area contributed by atoms with Gasteiger partial charge in [-0.3, -0.25) is 9.89 Å². The summed E-state index contributed by atoms with van der Waals surface area (Å²) in [5, 5.41) is 7.37. The van der Waals surface area contributed by atoms with E-state index in [1.165, 1.54) is 17.7 Å². The number of amides is 1. The Morgan fingerprint density at radius 1 is 1.48 bits per heavy atom. The molecule has 1 N–H and O–H groups in total. The van der Waals surface area contributed by atoms with Gasteiger partial charge in [-0.2, -0.15) is 5.10 Å². The van der Waals surface area contributed by atoms with Crippen molar-refractivity contribution >= 4 is 17.2 Å². The van der Waals surface area contributed by atoms with Crippen LogP contribution in [-0.4, -0.2) is 43.6 Å². The van der Waals surface area contributed by atoms with Gasteiger partial charge in [0, 0.05) is 12.6 Å². The molecule has 1 fully saturated rings. The first-order chi connectivity index (χ1) is 10.8. The van der Waals surface area contributed by atoms with Crippen LogP contribution < -0.4 is 0 Å². The Labute approximate surface area is 140 Å². The molecule has 1 atom stereocenters. The fraction of sp³-hybridized carbons (Fsp3) is 0.625. The molecular weight excluding hydrogens is 310 g/mol. The minimum Gasteiger partial charge on any atom is -0.335 e. The summed E-state index contributed by atoms with van der Waals surface area (Å²) in [4.78, 5) is 24.4. The van der Waals surface area contributed by atoms with Crippen LogP contribution in [0.1, 0.15) is 55.4 Å². The molecule has 2 aromatic heterocycles. The van der Waals surface area contributed by atoms with Crippen LogP contribution in [0.4, 0.5) is 0 Å². The van der Waals surface area contributed by atoms with E-state index in [2.05, 4.69) is 40.9 Å². The standard InChI is InChI=1S/C16H23N5OS/c1-10-12(23-14(19-10)13-17-9-18-20-13)15(22)21-7-5-6-11(21)8-16(2,3)4/h9,11H,5-8H2,1-4H3,(H,17,18,20)/t11-/m1/s1. The van der Waals surface area contributed by atoms with Gasteiger partial charge in [0.2, 0.25) is 0 Å². The smallest absolute Gasteiger partial charge is 0.266 e. The zero-order valence-electron chi connectivity index (χ0n) is 14.1. The zero-order chi connectivity index (χ0) is 16.6. The molecule has 1 saturated heterocycles. The van der Waals surface area contributed by atoms with Gasteiger partial charge < -0.3 is 4.90 Å². The van der Waals surface area contributed by atoms with E-state index in [0.717, 1.165) is 41.4 Å². The summed E-state index contributed by atoms with van der Waals surface area (Å²) >= 11 is 1.40. The minimum atomic E-state index is 0.109. The molecule has 1 amide bonds. The van der Waals surface area contributed by atoms with Crippen LogP contribution in [-0.2, 0) is 0 Å². The Hall–Kier alpha value is -1.76. The lowest BCUT2D eigenvalue weighted by molar-refractivity contribution is 0.0708. The molecule has 0 aromatic carbocycles. The van der Waals surface area contributed by atoms with Crippen LogP contribution >= 0.6 is 11.3 Å². The van der Waals surface area contributed by atoms with Crippen molar-refractivity contribution in [2.24, 2.45) is 5.41 Å². The number of thiazole rings is 1. The van der Waals surface area contributed by atoms with Gasteiger partial charge in [-0.05, 0) is 31.6 Å². The van der Waals surface area contributed by atoms with Gasteiger partial charge in [0.05, 0.1) is 5.69 Å². The number of aromatic nitrogens is 4. The van der Waals surface area contributed by atoms with E-state index < -0.39 is 0 Å². The molecule has 0 radical (unpaired) electrons. The topological polar surface area (TPSA) is 74.8 Å². The molecule has 0 aliphatic carbocycles. The first-order valence-electron chi connectivity index (χ1n) is 7.99. The molecule has 7 heteroatoms. The van der Waals surface area contributed by atoms with Gasteiger partial charge in [0.1, 0.15) is 11.2 Å². The average molecular weight is 333 g/mol. The molecule has 0 bridgehead atoms. The van der Waals surface area contributed by atoms with E-state index in [9.17, 15) is 4.79 Å². The predicted molar refractivity (Wildman–Crippen MR) is 90.4 cm³/mol. The summed E-state index contributed by atoms with van der Waals surface area (Å²) in [7, 11) is 0. The van der Waals surface area contributed by atoms with E-state index in [4.69, 9.17) is 0 Å². The number of aryl methyl sites for hydroxylation is 1. The molecule has 6 nitrogen and oxygen atoms in total. The van der Waals surface area contributed by atoms with Crippen LogP contribution in [0.2, 0.25) is 0 Å². The van der Waals surface area contributed by atoms with E-state index in [0.29, 0.717) is 11.9 Å². The minimum absolute atomic E-state index is 0.109. The normalized spacial score (nSPS) is 18.6. The second-order valence-electron chi connectivity index (χ2n) is 7.33. The Morgan fingerprint density at radius 3 is 2.91 bits per heavy atom. The number of nitrogens with one attached hydrogen (secondary N) is 1. The van der Waals surface area contributed by atoms with Crippen LogP contribution in [0.5, 0.6) is 0 Å². The number of hydrogen-bond acceptors (Lipinski definition) is 5. The Morgan fingerprint density at radius 2 is 2.26 bits per heavy atom. The second kappa shape index (κ2) is 6.03. The predicted octanol–water partition coefficient (Wildman–Crippen LogP) is 3.28. The summed E-state index contributed by atoms with van der Waals surface area (Å²) in [6, 6.07) is 0.331. The molecule has 2 aromatic rings. The summed E-state index contributed by atoms with van der Waals surface area (Å²) in [5.74, 6) is 0.724. The number of H-pyrrole nitrogens is 1. The number of hydrogen-bond donors (Lipinski definition) is 1. The maximum Gasteiger partial charge on any atom is 0.266 e. The fourth-order valence-electron chi connectivity index (χ4n) is 3.16. The summed E-state index contributed by atoms with van der Waals surface area (Å²) in [5.41, 5.74) is 0.995. The summed E-state index contributed by atoms with van der Waals surface area (Å²) in [6.45, 7) is 9.42. The quantitative estimate of drug-likeness (QED) is 0.935. The van der Waals surface area contributed by atoms with Crippen molar-refractivity contribution in [3.05, 3.63) is 16.9 Å². The third kappa shape index (κ3) is 3.44. The van der Waals surface area contributed by atoms with Crippen molar-refractivity contribution in [2.75, 3.05) is 6.54 Å². The lowest BCUT2D eigenvalue weighted by Gasteiger charge is -2.30. The van der Waals surface area contributed by atoms with Crippen LogP contribution in [0.3, 0.4) is 0 Å². The monoisotopic (exact) mass is 333 g/mol. The number of likely N-dealkylation sites (tertiary alicyclic amines) is 1. The highest BCUT2D eigenvalue weighted by molar-refractivity contribution is 7.17. The Balaban J connectivity index is 1.82. The number of rotatable bonds is 3. The van der Waals surface area contributed by atoms with Crippen LogP contribution in [0.25, 0.3) is 10.8 Å². The fourth-order valence-corrected chi connectivity index (χ4v) is 4.13. The third-order valence-electron chi connectivity index (χ3n) is 4.09. The highest BCUT2D eigenvalue weighted by Gasteiger charge is 2.34. The molecule has 3 heterocycles. The first kappa shape index (κ1) is 16.1. The maximum absolute atomic E-state index is 13.0. The number of nitrogens with zero attached hydrogens (tertiary/aromatic N) is 4. The second-order valence-corrected chi connectivity index (χ2v) is 8.33. The molecule has 0 spiro atoms. The van der Waals surface area contributed by atoms with E-state index in [1.807, 2.05) is 11.8 Å². The van der Waals surface area contributed by atoms with Crippen molar-refractivity contribution in [3.63, 3.8) is 0 Å². The maximum atomic E-state index is 13.0. The lowest BCUT2D eigenvalue weighted by Crippen LogP contribution is -2.37. The average Bonchev–Trinajstić information content (AvgIpc) is 3.15. The van der Waals surface area contributed by atoms with Gasteiger partial charge in [0.25, 0.3) is 5.91 Å². The van der Waals surface area contributed by atoms with Crippen molar-refractivity contribution in [2.45, 2.75) is 53.0 Å². The molecule has 1 aliphatic heterocycles. The van der Waals surface area contributed by atoms with Crippen molar-refractivity contribution in [1.29, 1.82) is 0 Å². The first-order valence-corrected chi connectivity index (χ1v) is 8.81. The SMILES string of the molecule is Cc1nc(-c2ncn[nH]2)sc1C(=O)N1CCC[C@@H]1CC(C)(C)C. The Bertz CT molecular complexity index is 686. The van der Waals surface area contributed by atoms with E-state index >= 15 is 0 Å². The van der Waals surface area contributed by atoms with Gasteiger partial charge in [0.15, 0.2) is 10.8 Å². The van der Waals surface area contributed by atoms with Gasteiger partial charge >= 0.3 is 0 Å². The molecular formula is C16H23N5OS. The van der Waals surface area contributed by atoms with E-state index in [1.54, 1.807) is 0 Å². The third-order valence-corrected chi connectivity index (χ3v) is 5.25. The molecule has 0 unspecified atom stereocenters. The van der Waals surface area contributed by atoms with Gasteiger partial charge in [-0.25, -0.2) is 9.97 Å². The summed E-state index contributed by atoms with van der Waals surface area (Å²) < 4.78 is 0. The lowest BCUT2D eigenvalue weighted by atomic mass is 9.87. The van der Waals surface area contributed by atoms with Crippen molar-refractivity contribution in [1.82, 2.24) is 25.1 Å². The highest BCUT2D eigenvalue weighted by Crippen LogP contribution is 2.33. The molecule has 0 saturated carbocycles. The summed E-state index contributed by atoms with van der Waals surface area (Å²) in [6.07, 6.45) is 4.66. The molecule has 3 rings (SSSR count). The van der Waals surface area contributed by atoms with Crippen molar-refractivity contribution in [3.8, 4) is 10.8 Å². The molecule has 23 heavy (non-hydrogen) atoms. The van der Waals surface area contributed by atoms with Gasteiger partial charge in [-0.1, -0.05) is 20.8 Å². The Kier molecular flexibility index (Phi) is 4.23. The zero-order valence-corrected chi connectivity index (χ0v) is 14.9. The van der Waals surface area contributed by atoms with E-state index in [-0.39, 0.29) is 11.3 Å².